The van der Waals surface area contributed by atoms with Crippen molar-refractivity contribution in [2.24, 2.45) is 17.1 Å². The zero-order valence-corrected chi connectivity index (χ0v) is 13.9. The van der Waals surface area contributed by atoms with Crippen molar-refractivity contribution in [2.45, 2.75) is 40.0 Å². The lowest BCUT2D eigenvalue weighted by atomic mass is 9.72. The molecule has 0 saturated heterocycles. The van der Waals surface area contributed by atoms with E-state index in [2.05, 4.69) is 41.6 Å². The van der Waals surface area contributed by atoms with Crippen LogP contribution in [0.3, 0.4) is 0 Å². The van der Waals surface area contributed by atoms with Crippen LogP contribution < -0.4 is 16.6 Å². The van der Waals surface area contributed by atoms with E-state index in [0.29, 0.717) is 17.2 Å². The van der Waals surface area contributed by atoms with Gasteiger partial charge in [0.1, 0.15) is 11.2 Å². The molecule has 1 unspecified atom stereocenters. The molecular weight excluding hydrogens is 298 g/mol. The van der Waals surface area contributed by atoms with E-state index in [1.807, 2.05) is 0 Å². The van der Waals surface area contributed by atoms with Gasteiger partial charge in [0, 0.05) is 4.88 Å². The molecule has 4 N–H and O–H groups in total. The summed E-state index contributed by atoms with van der Waals surface area (Å²) in [6.45, 7) is 6.92. The van der Waals surface area contributed by atoms with Crippen LogP contribution in [0.15, 0.2) is 6.33 Å². The minimum atomic E-state index is -0.636. The second kappa shape index (κ2) is 5.39. The van der Waals surface area contributed by atoms with Gasteiger partial charge in [-0.3, -0.25) is 10.9 Å². The Hall–Kier alpha value is -1.89. The molecule has 0 fully saturated rings. The quantitative estimate of drug-likeness (QED) is 0.742. The van der Waals surface area contributed by atoms with Gasteiger partial charge in [0.05, 0.1) is 5.39 Å². The molecule has 3 rings (SSSR count). The number of rotatable bonds is 2. The van der Waals surface area contributed by atoms with Gasteiger partial charge >= 0.3 is 6.03 Å². The lowest BCUT2D eigenvalue weighted by molar-refractivity contribution is 0.218. The van der Waals surface area contributed by atoms with Gasteiger partial charge in [-0.15, -0.1) is 11.3 Å². The smallest absolute Gasteiger partial charge is 0.330 e. The van der Waals surface area contributed by atoms with Crippen LogP contribution in [0.2, 0.25) is 0 Å². The Kier molecular flexibility index (Phi) is 3.68. The minimum absolute atomic E-state index is 0.314. The zero-order valence-electron chi connectivity index (χ0n) is 13.1. The van der Waals surface area contributed by atoms with Crippen LogP contribution in [0.1, 0.15) is 37.6 Å². The van der Waals surface area contributed by atoms with Crippen LogP contribution in [-0.4, -0.2) is 16.0 Å². The fraction of sp³-hybridized carbons (Fsp3) is 0.533. The highest BCUT2D eigenvalue weighted by atomic mass is 32.1. The van der Waals surface area contributed by atoms with E-state index in [1.165, 1.54) is 23.2 Å². The molecule has 0 aliphatic heterocycles. The van der Waals surface area contributed by atoms with E-state index in [1.54, 1.807) is 11.3 Å². The van der Waals surface area contributed by atoms with Crippen molar-refractivity contribution in [2.75, 3.05) is 5.43 Å². The largest absolute Gasteiger partial charge is 0.350 e. The second-order valence-electron chi connectivity index (χ2n) is 6.83. The number of hydrazine groups is 1. The molecule has 2 heterocycles. The molecule has 0 spiro atoms. The lowest BCUT2D eigenvalue weighted by Gasteiger charge is -2.33. The first-order chi connectivity index (χ1) is 10.4. The van der Waals surface area contributed by atoms with E-state index in [4.69, 9.17) is 5.73 Å². The third-order valence-electron chi connectivity index (χ3n) is 4.37. The van der Waals surface area contributed by atoms with E-state index < -0.39 is 6.03 Å². The molecule has 22 heavy (non-hydrogen) atoms. The Labute approximate surface area is 133 Å². The number of amides is 2. The van der Waals surface area contributed by atoms with E-state index in [0.717, 1.165) is 23.1 Å². The zero-order chi connectivity index (χ0) is 15.9. The number of hydrogen-bond donors (Lipinski definition) is 3. The summed E-state index contributed by atoms with van der Waals surface area (Å²) < 4.78 is 0. The standard InChI is InChI=1S/C15H21N5OS/c1-15(2,3)8-4-5-9-10(6-8)22-13-11(9)12(17-7-18-13)19-20-14(16)21/h7-8H,4-6H2,1-3H3,(H3,16,20,21)(H,17,18,19). The predicted molar refractivity (Wildman–Crippen MR) is 88.7 cm³/mol. The van der Waals surface area contributed by atoms with Crippen molar-refractivity contribution in [1.29, 1.82) is 0 Å². The maximum absolute atomic E-state index is 10.9. The van der Waals surface area contributed by atoms with E-state index in [9.17, 15) is 4.79 Å². The molecule has 2 aromatic heterocycles. The number of nitrogens with zero attached hydrogens (tertiary/aromatic N) is 2. The Bertz CT molecular complexity index is 719. The van der Waals surface area contributed by atoms with Gasteiger partial charge in [-0.1, -0.05) is 20.8 Å². The molecule has 2 amide bonds. The summed E-state index contributed by atoms with van der Waals surface area (Å²) in [5.41, 5.74) is 11.9. The number of anilines is 1. The van der Waals surface area contributed by atoms with Gasteiger partial charge < -0.3 is 5.73 Å². The Morgan fingerprint density at radius 1 is 1.41 bits per heavy atom. The molecule has 6 nitrogen and oxygen atoms in total. The van der Waals surface area contributed by atoms with Gasteiger partial charge in [0.25, 0.3) is 0 Å². The molecule has 1 aliphatic carbocycles. The minimum Gasteiger partial charge on any atom is -0.350 e. The van der Waals surface area contributed by atoms with Crippen LogP contribution in [0.4, 0.5) is 10.6 Å². The number of aromatic nitrogens is 2. The van der Waals surface area contributed by atoms with Crippen molar-refractivity contribution < 1.29 is 4.79 Å². The number of primary amides is 1. The molecule has 0 aromatic carbocycles. The Balaban J connectivity index is 1.99. The third kappa shape index (κ3) is 2.72. The molecule has 0 saturated carbocycles. The average molecular weight is 319 g/mol. The van der Waals surface area contributed by atoms with Crippen LogP contribution in [0.25, 0.3) is 10.2 Å². The first-order valence-electron chi connectivity index (χ1n) is 7.43. The number of fused-ring (bicyclic) bond motifs is 3. The average Bonchev–Trinajstić information content (AvgIpc) is 2.82. The first-order valence-corrected chi connectivity index (χ1v) is 8.24. The molecule has 1 aliphatic rings. The van der Waals surface area contributed by atoms with Crippen molar-refractivity contribution in [3.8, 4) is 0 Å². The molecule has 1 atom stereocenters. The topological polar surface area (TPSA) is 92.9 Å². The van der Waals surface area contributed by atoms with Crippen molar-refractivity contribution in [3.63, 3.8) is 0 Å². The van der Waals surface area contributed by atoms with Gasteiger partial charge in [-0.2, -0.15) is 0 Å². The van der Waals surface area contributed by atoms with Gasteiger partial charge in [0.2, 0.25) is 0 Å². The second-order valence-corrected chi connectivity index (χ2v) is 7.91. The lowest BCUT2D eigenvalue weighted by Crippen LogP contribution is -2.34. The summed E-state index contributed by atoms with van der Waals surface area (Å²) in [5, 5.41) is 1.02. The molecule has 2 aromatic rings. The number of urea groups is 1. The molecular formula is C15H21N5OS. The summed E-state index contributed by atoms with van der Waals surface area (Å²) in [6, 6.07) is -0.636. The molecule has 0 bridgehead atoms. The Morgan fingerprint density at radius 3 is 2.86 bits per heavy atom. The van der Waals surface area contributed by atoms with Gasteiger partial charge in [-0.25, -0.2) is 14.8 Å². The third-order valence-corrected chi connectivity index (χ3v) is 5.54. The summed E-state index contributed by atoms with van der Waals surface area (Å²) in [5.74, 6) is 1.30. The Morgan fingerprint density at radius 2 is 2.18 bits per heavy atom. The highest BCUT2D eigenvalue weighted by molar-refractivity contribution is 7.19. The first kappa shape index (κ1) is 15.0. The van der Waals surface area contributed by atoms with Gasteiger partial charge in [-0.05, 0) is 36.2 Å². The normalized spacial score (nSPS) is 18.0. The number of thiophene rings is 1. The van der Waals surface area contributed by atoms with Crippen LogP contribution in [0.5, 0.6) is 0 Å². The molecule has 7 heteroatoms. The summed E-state index contributed by atoms with van der Waals surface area (Å²) in [7, 11) is 0. The summed E-state index contributed by atoms with van der Waals surface area (Å²) in [4.78, 5) is 21.9. The molecule has 0 radical (unpaired) electrons. The SMILES string of the molecule is CC(C)(C)C1CCc2c(sc3ncnc(NNC(N)=O)c23)C1. The number of carbonyl (C=O) groups excluding carboxylic acids is 1. The van der Waals surface area contributed by atoms with Crippen LogP contribution in [-0.2, 0) is 12.8 Å². The van der Waals surface area contributed by atoms with E-state index in [-0.39, 0.29) is 0 Å². The van der Waals surface area contributed by atoms with Crippen molar-refractivity contribution in [1.82, 2.24) is 15.4 Å². The molecule has 118 valence electrons. The van der Waals surface area contributed by atoms with Crippen LogP contribution in [0, 0.1) is 11.3 Å². The van der Waals surface area contributed by atoms with E-state index >= 15 is 0 Å². The highest BCUT2D eigenvalue weighted by Gasteiger charge is 2.31. The van der Waals surface area contributed by atoms with Crippen molar-refractivity contribution >= 4 is 33.4 Å². The number of aryl methyl sites for hydroxylation is 1. The number of hydrogen-bond acceptors (Lipinski definition) is 5. The van der Waals surface area contributed by atoms with Crippen molar-refractivity contribution in [3.05, 3.63) is 16.8 Å². The van der Waals surface area contributed by atoms with Gasteiger partial charge in [0.15, 0.2) is 5.82 Å². The monoisotopic (exact) mass is 319 g/mol. The summed E-state index contributed by atoms with van der Waals surface area (Å²) >= 11 is 1.73. The number of carbonyl (C=O) groups is 1. The maximum atomic E-state index is 10.9. The fourth-order valence-corrected chi connectivity index (χ4v) is 4.33. The fourth-order valence-electron chi connectivity index (χ4n) is 3.07. The number of nitrogens with one attached hydrogen (secondary N) is 2. The summed E-state index contributed by atoms with van der Waals surface area (Å²) in [6.07, 6.45) is 4.79. The number of nitrogens with two attached hydrogens (primary N) is 1. The maximum Gasteiger partial charge on any atom is 0.330 e. The highest BCUT2D eigenvalue weighted by Crippen LogP contribution is 2.44. The van der Waals surface area contributed by atoms with Crippen LogP contribution >= 0.6 is 11.3 Å². The predicted octanol–water partition coefficient (Wildman–Crippen LogP) is 2.84.